The van der Waals surface area contributed by atoms with Crippen molar-refractivity contribution < 1.29 is 8.78 Å². The predicted octanol–water partition coefficient (Wildman–Crippen LogP) is 4.85. The predicted molar refractivity (Wildman–Crippen MR) is 88.6 cm³/mol. The van der Waals surface area contributed by atoms with E-state index in [1.165, 1.54) is 17.4 Å². The van der Waals surface area contributed by atoms with Gasteiger partial charge in [-0.2, -0.15) is 4.39 Å². The highest BCUT2D eigenvalue weighted by Gasteiger charge is 2.17. The van der Waals surface area contributed by atoms with Crippen molar-refractivity contribution in [2.45, 2.75) is 6.92 Å². The maximum Gasteiger partial charge on any atom is 0.207 e. The largest absolute Gasteiger partial charge is 0.331 e. The number of aromatic nitrogens is 3. The number of nitrogens with one attached hydrogen (secondary N) is 1. The van der Waals surface area contributed by atoms with Crippen LogP contribution < -0.4 is 5.32 Å². The van der Waals surface area contributed by atoms with Crippen molar-refractivity contribution in [3.8, 4) is 11.4 Å². The summed E-state index contributed by atoms with van der Waals surface area (Å²) in [5.74, 6) is -0.277. The van der Waals surface area contributed by atoms with Gasteiger partial charge in [0.05, 0.1) is 11.9 Å². The molecule has 0 radical (unpaired) electrons. The molecular weight excluding hydrogens is 338 g/mol. The summed E-state index contributed by atoms with van der Waals surface area (Å²) in [6.07, 6.45) is 3.44. The monoisotopic (exact) mass is 348 g/mol. The van der Waals surface area contributed by atoms with Crippen LogP contribution in [0.1, 0.15) is 5.56 Å². The fraction of sp³-hybridized carbons (Fsp3) is 0.0667. The van der Waals surface area contributed by atoms with Gasteiger partial charge in [-0.15, -0.1) is 11.3 Å². The third kappa shape index (κ3) is 2.49. The molecule has 0 amide bonds. The topological polar surface area (TPSA) is 42.2 Å². The Morgan fingerprint density at radius 1 is 1.26 bits per heavy atom. The molecule has 3 aromatic heterocycles. The summed E-state index contributed by atoms with van der Waals surface area (Å²) in [5.41, 5.74) is 2.04. The van der Waals surface area contributed by atoms with Crippen LogP contribution in [0.25, 0.3) is 16.3 Å². The molecule has 0 aliphatic carbocycles. The fourth-order valence-electron chi connectivity index (χ4n) is 2.26. The minimum absolute atomic E-state index is 0.252. The smallest absolute Gasteiger partial charge is 0.207 e. The molecule has 0 atom stereocenters. The number of fused-ring (bicyclic) bond motifs is 1. The van der Waals surface area contributed by atoms with E-state index in [9.17, 15) is 8.78 Å². The number of hydrogen-bond acceptors (Lipinski definition) is 5. The first kappa shape index (κ1) is 14.3. The van der Waals surface area contributed by atoms with Crippen LogP contribution in [0.5, 0.6) is 0 Å². The normalized spacial score (nSPS) is 11.3. The molecule has 0 aliphatic rings. The molecule has 4 nitrogen and oxygen atoms in total. The van der Waals surface area contributed by atoms with Crippen LogP contribution >= 0.6 is 22.7 Å². The van der Waals surface area contributed by atoms with E-state index in [1.807, 2.05) is 11.6 Å². The zero-order valence-electron chi connectivity index (χ0n) is 11.9. The minimum atomic E-state index is -0.390. The second kappa shape index (κ2) is 5.39. The lowest BCUT2D eigenvalue weighted by Gasteiger charge is -2.03. The highest BCUT2D eigenvalue weighted by Crippen LogP contribution is 2.32. The average molecular weight is 348 g/mol. The summed E-state index contributed by atoms with van der Waals surface area (Å²) in [6, 6.07) is 4.62. The Hall–Kier alpha value is -2.32. The van der Waals surface area contributed by atoms with Crippen LogP contribution in [0.2, 0.25) is 0 Å². The molecule has 0 saturated carbocycles. The van der Waals surface area contributed by atoms with Gasteiger partial charge in [0.1, 0.15) is 11.5 Å². The summed E-state index contributed by atoms with van der Waals surface area (Å²) in [5, 5.41) is 4.92. The highest BCUT2D eigenvalue weighted by atomic mass is 32.1. The lowest BCUT2D eigenvalue weighted by Crippen LogP contribution is -1.92. The molecule has 1 N–H and O–H groups in total. The van der Waals surface area contributed by atoms with Crippen LogP contribution in [0.3, 0.4) is 0 Å². The molecule has 0 aliphatic heterocycles. The van der Waals surface area contributed by atoms with E-state index in [1.54, 1.807) is 29.7 Å². The third-order valence-electron chi connectivity index (χ3n) is 3.38. The van der Waals surface area contributed by atoms with Crippen LogP contribution in [-0.4, -0.2) is 14.4 Å². The number of rotatable bonds is 3. The summed E-state index contributed by atoms with van der Waals surface area (Å²) in [4.78, 5) is 9.33. The molecule has 0 spiro atoms. The van der Waals surface area contributed by atoms with E-state index in [-0.39, 0.29) is 16.6 Å². The summed E-state index contributed by atoms with van der Waals surface area (Å²) in [7, 11) is 0. The Bertz CT molecular complexity index is 1000. The van der Waals surface area contributed by atoms with Crippen molar-refractivity contribution in [1.82, 2.24) is 14.4 Å². The fourth-order valence-corrected chi connectivity index (χ4v) is 3.67. The van der Waals surface area contributed by atoms with Gasteiger partial charge >= 0.3 is 0 Å². The lowest BCUT2D eigenvalue weighted by atomic mass is 10.2. The first-order valence-electron chi connectivity index (χ1n) is 6.72. The van der Waals surface area contributed by atoms with E-state index in [2.05, 4.69) is 15.3 Å². The van der Waals surface area contributed by atoms with Gasteiger partial charge in [-0.3, -0.25) is 4.40 Å². The molecule has 0 bridgehead atoms. The SMILES string of the molecule is Cc1cc(Nc2nc(-c3cnc4sccn34)c(F)s2)ccc1F. The molecule has 0 fully saturated rings. The van der Waals surface area contributed by atoms with Crippen molar-refractivity contribution >= 4 is 38.5 Å². The molecule has 23 heavy (non-hydrogen) atoms. The quantitative estimate of drug-likeness (QED) is 0.575. The molecule has 1 aromatic carbocycles. The highest BCUT2D eigenvalue weighted by molar-refractivity contribution is 7.15. The van der Waals surface area contributed by atoms with Crippen LogP contribution in [-0.2, 0) is 0 Å². The summed E-state index contributed by atoms with van der Waals surface area (Å²) >= 11 is 2.38. The van der Waals surface area contributed by atoms with Crippen molar-refractivity contribution in [3.05, 3.63) is 52.5 Å². The number of benzene rings is 1. The van der Waals surface area contributed by atoms with E-state index in [0.717, 1.165) is 16.3 Å². The van der Waals surface area contributed by atoms with Crippen molar-refractivity contribution in [2.24, 2.45) is 0 Å². The van der Waals surface area contributed by atoms with Gasteiger partial charge in [0.2, 0.25) is 5.13 Å². The van der Waals surface area contributed by atoms with Crippen molar-refractivity contribution in [1.29, 1.82) is 0 Å². The molecule has 8 heteroatoms. The van der Waals surface area contributed by atoms with Crippen LogP contribution in [0.15, 0.2) is 36.0 Å². The maximum absolute atomic E-state index is 14.3. The second-order valence-electron chi connectivity index (χ2n) is 4.93. The van der Waals surface area contributed by atoms with Gasteiger partial charge in [0, 0.05) is 17.3 Å². The van der Waals surface area contributed by atoms with Gasteiger partial charge in [0.15, 0.2) is 10.1 Å². The first-order valence-corrected chi connectivity index (χ1v) is 8.42. The molecule has 3 heterocycles. The van der Waals surface area contributed by atoms with E-state index in [4.69, 9.17) is 0 Å². The van der Waals surface area contributed by atoms with Crippen LogP contribution in [0.4, 0.5) is 19.6 Å². The number of aryl methyl sites for hydroxylation is 1. The first-order chi connectivity index (χ1) is 11.1. The zero-order valence-corrected chi connectivity index (χ0v) is 13.5. The number of hydrogen-bond donors (Lipinski definition) is 1. The Morgan fingerprint density at radius 2 is 2.13 bits per heavy atom. The second-order valence-corrected chi connectivity index (χ2v) is 6.75. The maximum atomic E-state index is 14.3. The summed E-state index contributed by atoms with van der Waals surface area (Å²) in [6.45, 7) is 1.67. The Kier molecular flexibility index (Phi) is 3.35. The van der Waals surface area contributed by atoms with Gasteiger partial charge in [-0.25, -0.2) is 14.4 Å². The molecule has 116 valence electrons. The van der Waals surface area contributed by atoms with Gasteiger partial charge in [0.25, 0.3) is 0 Å². The zero-order chi connectivity index (χ0) is 16.0. The van der Waals surface area contributed by atoms with E-state index >= 15 is 0 Å². The van der Waals surface area contributed by atoms with Crippen molar-refractivity contribution in [2.75, 3.05) is 5.32 Å². The molecule has 0 saturated heterocycles. The molecule has 0 unspecified atom stereocenters. The Labute approximate surface area is 138 Å². The third-order valence-corrected chi connectivity index (χ3v) is 4.91. The van der Waals surface area contributed by atoms with Gasteiger partial charge in [-0.1, -0.05) is 11.3 Å². The van der Waals surface area contributed by atoms with E-state index < -0.39 is 0 Å². The van der Waals surface area contributed by atoms with Gasteiger partial charge in [-0.05, 0) is 30.7 Å². The number of halogens is 2. The standard InChI is InChI=1S/C15H10F2N4S2/c1-8-6-9(2-3-10(8)16)19-14-20-12(13(17)23-14)11-7-18-15-21(11)4-5-22-15/h2-7H,1H3,(H,19,20). The number of nitrogens with zero attached hydrogens (tertiary/aromatic N) is 3. The summed E-state index contributed by atoms with van der Waals surface area (Å²) < 4.78 is 29.4. The number of thiazole rings is 2. The van der Waals surface area contributed by atoms with Crippen molar-refractivity contribution in [3.63, 3.8) is 0 Å². The number of anilines is 2. The number of imidazole rings is 1. The van der Waals surface area contributed by atoms with Gasteiger partial charge < -0.3 is 5.32 Å². The Balaban J connectivity index is 1.69. The van der Waals surface area contributed by atoms with Crippen LogP contribution in [0, 0.1) is 17.9 Å². The Morgan fingerprint density at radius 3 is 2.96 bits per heavy atom. The lowest BCUT2D eigenvalue weighted by molar-refractivity contribution is 0.619. The molecular formula is C15H10F2N4S2. The molecule has 4 rings (SSSR count). The average Bonchev–Trinajstić information content (AvgIpc) is 3.19. The van der Waals surface area contributed by atoms with E-state index in [0.29, 0.717) is 22.1 Å². The minimum Gasteiger partial charge on any atom is -0.331 e. The molecule has 4 aromatic rings.